The number of hydrogen-bond acceptors (Lipinski definition) is 2. The Morgan fingerprint density at radius 1 is 1.40 bits per heavy atom. The molecule has 1 atom stereocenters. The highest BCUT2D eigenvalue weighted by atomic mass is 79.9. The number of thioether (sulfide) groups is 1. The second-order valence-electron chi connectivity index (χ2n) is 6.30. The minimum absolute atomic E-state index is 0.261. The quantitative estimate of drug-likeness (QED) is 0.891. The van der Waals surface area contributed by atoms with Gasteiger partial charge in [-0.3, -0.25) is 4.79 Å². The van der Waals surface area contributed by atoms with Crippen molar-refractivity contribution in [3.8, 4) is 0 Å². The number of rotatable bonds is 4. The van der Waals surface area contributed by atoms with Crippen LogP contribution in [-0.4, -0.2) is 24.0 Å². The summed E-state index contributed by atoms with van der Waals surface area (Å²) in [5, 5.41) is 3.13. The smallest absolute Gasteiger partial charge is 0.223 e. The Labute approximate surface area is 133 Å². The van der Waals surface area contributed by atoms with Gasteiger partial charge in [0.05, 0.1) is 0 Å². The first-order valence-electron chi connectivity index (χ1n) is 7.19. The highest BCUT2D eigenvalue weighted by Gasteiger charge is 2.51. The lowest BCUT2D eigenvalue weighted by atomic mass is 9.63. The minimum atomic E-state index is 0.261. The molecule has 0 radical (unpaired) electrons. The first kappa shape index (κ1) is 14.5. The van der Waals surface area contributed by atoms with E-state index in [2.05, 4.69) is 52.4 Å². The van der Waals surface area contributed by atoms with Crippen LogP contribution in [0, 0.1) is 11.3 Å². The molecule has 1 N–H and O–H groups in total. The van der Waals surface area contributed by atoms with E-state index in [-0.39, 0.29) is 11.8 Å². The molecule has 0 aromatic heterocycles. The molecule has 1 aliphatic heterocycles. The summed E-state index contributed by atoms with van der Waals surface area (Å²) in [7, 11) is 0. The Bertz CT molecular complexity index is 490. The zero-order valence-corrected chi connectivity index (χ0v) is 14.1. The monoisotopic (exact) mass is 353 g/mol. The van der Waals surface area contributed by atoms with Gasteiger partial charge in [0.1, 0.15) is 0 Å². The molecule has 1 aromatic carbocycles. The van der Waals surface area contributed by atoms with E-state index in [1.807, 2.05) is 11.8 Å². The van der Waals surface area contributed by atoms with Gasteiger partial charge in [-0.2, -0.15) is 11.8 Å². The van der Waals surface area contributed by atoms with Gasteiger partial charge in [0.25, 0.3) is 0 Å². The van der Waals surface area contributed by atoms with Crippen molar-refractivity contribution in [3.05, 3.63) is 34.3 Å². The van der Waals surface area contributed by atoms with Crippen LogP contribution < -0.4 is 5.32 Å². The summed E-state index contributed by atoms with van der Waals surface area (Å²) in [5.74, 6) is 3.43. The summed E-state index contributed by atoms with van der Waals surface area (Å²) in [4.78, 5) is 12.1. The zero-order chi connectivity index (χ0) is 14.2. The van der Waals surface area contributed by atoms with Crippen LogP contribution in [0.3, 0.4) is 0 Å². The van der Waals surface area contributed by atoms with Gasteiger partial charge in [-0.15, -0.1) is 0 Å². The van der Waals surface area contributed by atoms with E-state index in [9.17, 15) is 4.79 Å². The van der Waals surface area contributed by atoms with E-state index in [4.69, 9.17) is 0 Å². The van der Waals surface area contributed by atoms with Gasteiger partial charge in [-0.25, -0.2) is 0 Å². The summed E-state index contributed by atoms with van der Waals surface area (Å²) in [5.41, 5.74) is 1.82. The molecule has 2 fully saturated rings. The molecule has 1 heterocycles. The van der Waals surface area contributed by atoms with Gasteiger partial charge < -0.3 is 5.32 Å². The molecule has 1 aromatic rings. The maximum atomic E-state index is 12.1. The molecular formula is C16H20BrNOS. The van der Waals surface area contributed by atoms with Gasteiger partial charge in [0.2, 0.25) is 5.91 Å². The molecule has 1 amide bonds. The molecule has 1 aliphatic carbocycles. The van der Waals surface area contributed by atoms with E-state index < -0.39 is 0 Å². The number of halogens is 1. The minimum Gasteiger partial charge on any atom is -0.355 e. The summed E-state index contributed by atoms with van der Waals surface area (Å²) >= 11 is 5.46. The summed E-state index contributed by atoms with van der Waals surface area (Å²) in [6, 6.07) is 8.34. The predicted octanol–water partition coefficient (Wildman–Crippen LogP) is 3.81. The van der Waals surface area contributed by atoms with Crippen molar-refractivity contribution in [3.63, 3.8) is 0 Å². The van der Waals surface area contributed by atoms with Gasteiger partial charge >= 0.3 is 0 Å². The lowest BCUT2D eigenvalue weighted by molar-refractivity contribution is -0.131. The maximum absolute atomic E-state index is 12.1. The van der Waals surface area contributed by atoms with Crippen LogP contribution in [0.15, 0.2) is 28.7 Å². The van der Waals surface area contributed by atoms with Crippen LogP contribution in [0.1, 0.15) is 31.2 Å². The average molecular weight is 354 g/mol. The highest BCUT2D eigenvalue weighted by Crippen LogP contribution is 2.55. The second-order valence-corrected chi connectivity index (χ2v) is 8.20. The number of amides is 1. The third kappa shape index (κ3) is 2.91. The van der Waals surface area contributed by atoms with E-state index in [1.165, 1.54) is 17.1 Å². The van der Waals surface area contributed by atoms with E-state index in [0.29, 0.717) is 11.3 Å². The molecule has 1 saturated carbocycles. The fourth-order valence-electron chi connectivity index (χ4n) is 3.10. The first-order valence-corrected chi connectivity index (χ1v) is 9.14. The standard InChI is InChI=1S/C16H20BrNOS/c1-11(12-2-4-14(17)5-3-12)8-18-15(19)13-6-16(7-13)9-20-10-16/h2-5,11,13H,6-10H2,1H3,(H,18,19). The molecule has 1 unspecified atom stereocenters. The van der Waals surface area contributed by atoms with Crippen molar-refractivity contribution in [2.45, 2.75) is 25.7 Å². The van der Waals surface area contributed by atoms with Gasteiger partial charge in [-0.1, -0.05) is 35.0 Å². The average Bonchev–Trinajstić information content (AvgIpc) is 2.33. The van der Waals surface area contributed by atoms with Gasteiger partial charge in [0, 0.05) is 16.9 Å². The summed E-state index contributed by atoms with van der Waals surface area (Å²) in [6.45, 7) is 2.90. The number of hydrogen-bond donors (Lipinski definition) is 1. The van der Waals surface area contributed by atoms with Crippen LogP contribution in [-0.2, 0) is 4.79 Å². The highest BCUT2D eigenvalue weighted by molar-refractivity contribution is 9.10. The molecule has 2 nitrogen and oxygen atoms in total. The number of nitrogens with one attached hydrogen (secondary N) is 1. The summed E-state index contributed by atoms with van der Waals surface area (Å²) < 4.78 is 1.09. The third-order valence-electron chi connectivity index (χ3n) is 4.57. The molecule has 20 heavy (non-hydrogen) atoms. The van der Waals surface area contributed by atoms with E-state index >= 15 is 0 Å². The van der Waals surface area contributed by atoms with Crippen molar-refractivity contribution < 1.29 is 4.79 Å². The van der Waals surface area contributed by atoms with E-state index in [1.54, 1.807) is 0 Å². The second kappa shape index (κ2) is 5.72. The Hall–Kier alpha value is -0.480. The molecule has 4 heteroatoms. The topological polar surface area (TPSA) is 29.1 Å². The lowest BCUT2D eigenvalue weighted by Gasteiger charge is -2.52. The zero-order valence-electron chi connectivity index (χ0n) is 11.7. The van der Waals surface area contributed by atoms with Crippen molar-refractivity contribution >= 4 is 33.6 Å². The Morgan fingerprint density at radius 2 is 2.05 bits per heavy atom. The fraction of sp³-hybridized carbons (Fsp3) is 0.562. The van der Waals surface area contributed by atoms with E-state index in [0.717, 1.165) is 23.9 Å². The van der Waals surface area contributed by atoms with Crippen LogP contribution in [0.5, 0.6) is 0 Å². The Kier molecular flexibility index (Phi) is 4.14. The normalized spacial score (nSPS) is 21.9. The predicted molar refractivity (Wildman–Crippen MR) is 88.0 cm³/mol. The molecule has 0 bridgehead atoms. The molecular weight excluding hydrogens is 334 g/mol. The number of carbonyl (C=O) groups excluding carboxylic acids is 1. The first-order chi connectivity index (χ1) is 9.58. The SMILES string of the molecule is CC(CNC(=O)C1CC2(CSC2)C1)c1ccc(Br)cc1. The fourth-order valence-corrected chi connectivity index (χ4v) is 4.62. The molecule has 2 aliphatic rings. The van der Waals surface area contributed by atoms with Crippen LogP contribution in [0.4, 0.5) is 0 Å². The molecule has 1 spiro atoms. The summed E-state index contributed by atoms with van der Waals surface area (Å²) in [6.07, 6.45) is 2.22. The van der Waals surface area contributed by atoms with Crippen molar-refractivity contribution in [1.82, 2.24) is 5.32 Å². The van der Waals surface area contributed by atoms with Crippen LogP contribution >= 0.6 is 27.7 Å². The number of benzene rings is 1. The van der Waals surface area contributed by atoms with Crippen LogP contribution in [0.25, 0.3) is 0 Å². The molecule has 3 rings (SSSR count). The van der Waals surface area contributed by atoms with Crippen molar-refractivity contribution in [1.29, 1.82) is 0 Å². The molecule has 108 valence electrons. The Balaban J connectivity index is 1.44. The van der Waals surface area contributed by atoms with Crippen molar-refractivity contribution in [2.75, 3.05) is 18.1 Å². The largest absolute Gasteiger partial charge is 0.355 e. The maximum Gasteiger partial charge on any atom is 0.223 e. The lowest BCUT2D eigenvalue weighted by Crippen LogP contribution is -2.52. The molecule has 1 saturated heterocycles. The van der Waals surface area contributed by atoms with Gasteiger partial charge in [0.15, 0.2) is 0 Å². The third-order valence-corrected chi connectivity index (χ3v) is 6.73. The van der Waals surface area contributed by atoms with Crippen molar-refractivity contribution in [2.24, 2.45) is 11.3 Å². The van der Waals surface area contributed by atoms with Crippen LogP contribution in [0.2, 0.25) is 0 Å². The Morgan fingerprint density at radius 3 is 2.60 bits per heavy atom. The van der Waals surface area contributed by atoms with Gasteiger partial charge in [-0.05, 0) is 53.4 Å². The number of carbonyl (C=O) groups is 1.